The molecular formula is C26H44BrN5O4S. The lowest BCUT2D eigenvalue weighted by molar-refractivity contribution is -0.191. The number of benzene rings is 1. The number of nitrogens with one attached hydrogen (secondary N) is 2. The van der Waals surface area contributed by atoms with Crippen molar-refractivity contribution in [1.29, 1.82) is 0 Å². The maximum absolute atomic E-state index is 9.11. The number of thioether (sulfide) groups is 1. The standard InChI is InChI=1S/C14H17BrN4OS.C7H15NO.2C2H6.CO2/c1-9(8-20)17-13-12(15)7-16-14(19-13)18-10-4-3-5-11(6-10)21-2;1-2-3-8-4-6-9-7-5-8;2*1-2;2-1-3/h3-7,9,20H,8H2,1-2H3,(H2,16,17,18,19);2-7H2,1H3;2*1-2H3;. The largest absolute Gasteiger partial charge is 0.394 e. The molecule has 0 saturated carbocycles. The van der Waals surface area contributed by atoms with E-state index >= 15 is 0 Å². The summed E-state index contributed by atoms with van der Waals surface area (Å²) < 4.78 is 5.96. The Labute approximate surface area is 235 Å². The zero-order chi connectivity index (χ0) is 28.5. The van der Waals surface area contributed by atoms with Gasteiger partial charge in [0.05, 0.1) is 24.3 Å². The van der Waals surface area contributed by atoms with Crippen molar-refractivity contribution in [3.05, 3.63) is 34.9 Å². The lowest BCUT2D eigenvalue weighted by Gasteiger charge is -2.25. The molecule has 0 spiro atoms. The van der Waals surface area contributed by atoms with E-state index in [2.05, 4.69) is 48.4 Å². The summed E-state index contributed by atoms with van der Waals surface area (Å²) in [6, 6.07) is 7.96. The maximum atomic E-state index is 9.11. The molecule has 3 N–H and O–H groups in total. The number of nitrogens with zero attached hydrogens (tertiary/aromatic N) is 3. The number of aliphatic hydroxyl groups is 1. The van der Waals surface area contributed by atoms with Crippen LogP contribution in [0, 0.1) is 0 Å². The van der Waals surface area contributed by atoms with Crippen LogP contribution < -0.4 is 10.6 Å². The molecule has 1 saturated heterocycles. The third-order valence-corrected chi connectivity index (χ3v) is 5.68. The van der Waals surface area contributed by atoms with Crippen LogP contribution >= 0.6 is 27.7 Å². The number of rotatable bonds is 8. The number of hydrogen-bond donors (Lipinski definition) is 3. The van der Waals surface area contributed by atoms with E-state index < -0.39 is 0 Å². The fraction of sp³-hybridized carbons (Fsp3) is 0.577. The van der Waals surface area contributed by atoms with Gasteiger partial charge in [-0.3, -0.25) is 4.90 Å². The third kappa shape index (κ3) is 18.0. The summed E-state index contributed by atoms with van der Waals surface area (Å²) >= 11 is 5.08. The molecule has 0 radical (unpaired) electrons. The number of aliphatic hydroxyl groups excluding tert-OH is 1. The minimum absolute atomic E-state index is 0.0367. The Morgan fingerprint density at radius 1 is 1.22 bits per heavy atom. The highest BCUT2D eigenvalue weighted by atomic mass is 79.9. The van der Waals surface area contributed by atoms with E-state index in [1.807, 2.05) is 65.1 Å². The van der Waals surface area contributed by atoms with Gasteiger partial charge in [-0.05, 0) is 60.3 Å². The maximum Gasteiger partial charge on any atom is 0.373 e. The Bertz CT molecular complexity index is 849. The quantitative estimate of drug-likeness (QED) is 0.325. The first-order valence-electron chi connectivity index (χ1n) is 12.6. The van der Waals surface area contributed by atoms with Crippen LogP contribution in [0.5, 0.6) is 0 Å². The van der Waals surface area contributed by atoms with Crippen molar-refractivity contribution < 1.29 is 19.4 Å². The molecule has 2 heterocycles. The average molecular weight is 603 g/mol. The molecule has 1 aliphatic heterocycles. The number of hydrogen-bond acceptors (Lipinski definition) is 10. The highest BCUT2D eigenvalue weighted by Gasteiger charge is 2.09. The lowest BCUT2D eigenvalue weighted by atomic mass is 10.3. The predicted octanol–water partition coefficient (Wildman–Crippen LogP) is 5.69. The van der Waals surface area contributed by atoms with E-state index in [0.717, 1.165) is 36.5 Å². The zero-order valence-electron chi connectivity index (χ0n) is 23.2. The van der Waals surface area contributed by atoms with Gasteiger partial charge in [0, 0.05) is 35.9 Å². The molecule has 0 amide bonds. The van der Waals surface area contributed by atoms with Crippen LogP contribution in [0.25, 0.3) is 0 Å². The number of anilines is 3. The summed E-state index contributed by atoms with van der Waals surface area (Å²) in [6.45, 7) is 17.5. The minimum Gasteiger partial charge on any atom is -0.394 e. The van der Waals surface area contributed by atoms with Crippen LogP contribution in [0.4, 0.5) is 17.5 Å². The Morgan fingerprint density at radius 2 is 1.84 bits per heavy atom. The van der Waals surface area contributed by atoms with Crippen LogP contribution in [0.3, 0.4) is 0 Å². The first kappa shape index (κ1) is 37.1. The van der Waals surface area contributed by atoms with E-state index in [0.29, 0.717) is 11.8 Å². The Morgan fingerprint density at radius 3 is 2.38 bits per heavy atom. The molecule has 1 fully saturated rings. The molecule has 1 aromatic carbocycles. The van der Waals surface area contributed by atoms with Crippen LogP contribution in [0.15, 0.2) is 39.8 Å². The second-order valence-electron chi connectivity index (χ2n) is 7.01. The Kier molecular flexibility index (Phi) is 25.7. The summed E-state index contributed by atoms with van der Waals surface area (Å²) in [5.74, 6) is 1.15. The van der Waals surface area contributed by atoms with Gasteiger partial charge >= 0.3 is 6.15 Å². The minimum atomic E-state index is -0.0798. The van der Waals surface area contributed by atoms with Crippen molar-refractivity contribution in [3.63, 3.8) is 0 Å². The van der Waals surface area contributed by atoms with Crippen molar-refractivity contribution in [2.75, 3.05) is 56.3 Å². The first-order chi connectivity index (χ1) is 18.0. The number of aromatic nitrogens is 2. The van der Waals surface area contributed by atoms with Crippen molar-refractivity contribution >= 4 is 51.3 Å². The topological polar surface area (TPSA) is 117 Å². The van der Waals surface area contributed by atoms with Crippen LogP contribution in [0.1, 0.15) is 48.0 Å². The van der Waals surface area contributed by atoms with Gasteiger partial charge in [-0.1, -0.05) is 40.7 Å². The van der Waals surface area contributed by atoms with Crippen molar-refractivity contribution in [2.24, 2.45) is 0 Å². The fourth-order valence-corrected chi connectivity index (χ4v) is 3.54. The van der Waals surface area contributed by atoms with Gasteiger partial charge in [-0.25, -0.2) is 4.98 Å². The second kappa shape index (κ2) is 25.6. The molecule has 1 unspecified atom stereocenters. The lowest BCUT2D eigenvalue weighted by Crippen LogP contribution is -2.36. The highest BCUT2D eigenvalue weighted by molar-refractivity contribution is 9.10. The monoisotopic (exact) mass is 601 g/mol. The normalized spacial score (nSPS) is 12.8. The summed E-state index contributed by atoms with van der Waals surface area (Å²) in [6.07, 6.45) is 5.23. The van der Waals surface area contributed by atoms with E-state index in [1.165, 1.54) is 17.9 Å². The summed E-state index contributed by atoms with van der Waals surface area (Å²) in [7, 11) is 0. The molecule has 1 aromatic heterocycles. The molecule has 0 aliphatic carbocycles. The molecule has 9 nitrogen and oxygen atoms in total. The zero-order valence-corrected chi connectivity index (χ0v) is 25.6. The first-order valence-corrected chi connectivity index (χ1v) is 14.6. The summed E-state index contributed by atoms with van der Waals surface area (Å²) in [4.78, 5) is 28.5. The van der Waals surface area contributed by atoms with Gasteiger partial charge in [-0.2, -0.15) is 14.6 Å². The van der Waals surface area contributed by atoms with Gasteiger partial charge in [0.25, 0.3) is 0 Å². The predicted molar refractivity (Wildman–Crippen MR) is 157 cm³/mol. The third-order valence-electron chi connectivity index (χ3n) is 4.37. The summed E-state index contributed by atoms with van der Waals surface area (Å²) in [5, 5.41) is 15.4. The number of morpholine rings is 1. The number of ether oxygens (including phenoxy) is 1. The van der Waals surface area contributed by atoms with Gasteiger partial charge in [0.2, 0.25) is 5.95 Å². The molecule has 11 heteroatoms. The van der Waals surface area contributed by atoms with Crippen LogP contribution in [-0.2, 0) is 14.3 Å². The summed E-state index contributed by atoms with van der Waals surface area (Å²) in [5.41, 5.74) is 0.935. The number of carbonyl (C=O) groups excluding carboxylic acids is 2. The molecule has 0 bridgehead atoms. The molecule has 37 heavy (non-hydrogen) atoms. The van der Waals surface area contributed by atoms with Crippen molar-refractivity contribution in [1.82, 2.24) is 14.9 Å². The average Bonchev–Trinajstić information content (AvgIpc) is 2.94. The van der Waals surface area contributed by atoms with Gasteiger partial charge in [0.15, 0.2) is 0 Å². The SMILES string of the molecule is CC.CC.CCCN1CCOCC1.CSc1cccc(Nc2ncc(Br)c(NC(C)CO)n2)c1.O=C=O. The molecule has 210 valence electrons. The molecule has 3 rings (SSSR count). The Hall–Kier alpha value is -2.01. The fourth-order valence-electron chi connectivity index (χ4n) is 2.78. The van der Waals surface area contributed by atoms with E-state index in [9.17, 15) is 0 Å². The molecule has 1 atom stereocenters. The van der Waals surface area contributed by atoms with Crippen molar-refractivity contribution in [3.8, 4) is 0 Å². The number of halogens is 1. The molecular weight excluding hydrogens is 558 g/mol. The molecule has 1 aliphatic rings. The van der Waals surface area contributed by atoms with Crippen LogP contribution in [-0.4, -0.2) is 77.9 Å². The second-order valence-corrected chi connectivity index (χ2v) is 8.75. The smallest absolute Gasteiger partial charge is 0.373 e. The van der Waals surface area contributed by atoms with Gasteiger partial charge in [0.1, 0.15) is 5.82 Å². The van der Waals surface area contributed by atoms with Gasteiger partial charge in [-0.15, -0.1) is 11.8 Å². The van der Waals surface area contributed by atoms with Crippen LogP contribution in [0.2, 0.25) is 0 Å². The molecule has 2 aromatic rings. The van der Waals surface area contributed by atoms with E-state index in [4.69, 9.17) is 19.4 Å². The van der Waals surface area contributed by atoms with E-state index in [1.54, 1.807) is 18.0 Å². The highest BCUT2D eigenvalue weighted by Crippen LogP contribution is 2.24. The Balaban J connectivity index is 0. The van der Waals surface area contributed by atoms with Crippen molar-refractivity contribution in [2.45, 2.75) is 58.9 Å². The van der Waals surface area contributed by atoms with Gasteiger partial charge < -0.3 is 20.5 Å². The van der Waals surface area contributed by atoms with E-state index in [-0.39, 0.29) is 18.8 Å².